The van der Waals surface area contributed by atoms with E-state index in [-0.39, 0.29) is 35.1 Å². The van der Waals surface area contributed by atoms with E-state index in [0.29, 0.717) is 28.9 Å². The fourth-order valence-corrected chi connectivity index (χ4v) is 5.40. The highest BCUT2D eigenvalue weighted by Gasteiger charge is 2.46. The number of hydrogen-bond donors (Lipinski definition) is 2. The van der Waals surface area contributed by atoms with Gasteiger partial charge in [-0.15, -0.1) is 0 Å². The van der Waals surface area contributed by atoms with Gasteiger partial charge < -0.3 is 10.5 Å². The van der Waals surface area contributed by atoms with Gasteiger partial charge >= 0.3 is 5.97 Å². The molecule has 2 aliphatic rings. The molecule has 4 N–H and O–H groups in total. The average molecular weight is 514 g/mol. The van der Waals surface area contributed by atoms with Crippen molar-refractivity contribution < 1.29 is 27.1 Å². The lowest BCUT2D eigenvalue weighted by molar-refractivity contribution is -0.138. The lowest BCUT2D eigenvalue weighted by atomic mass is 9.68. The van der Waals surface area contributed by atoms with Gasteiger partial charge in [0.1, 0.15) is 11.6 Å². The number of halogens is 1. The molecule has 0 fully saturated rings. The fraction of sp³-hybridized carbons (Fsp3) is 0.308. The fourth-order valence-electron chi connectivity index (χ4n) is 4.89. The number of primary sulfonamides is 1. The lowest BCUT2D eigenvalue weighted by Crippen LogP contribution is -2.43. The Morgan fingerprint density at radius 2 is 1.72 bits per heavy atom. The van der Waals surface area contributed by atoms with Gasteiger partial charge in [-0.05, 0) is 60.7 Å². The predicted molar refractivity (Wildman–Crippen MR) is 132 cm³/mol. The maximum Gasteiger partial charge on any atom is 0.338 e. The molecule has 1 heterocycles. The predicted octanol–water partition coefficient (Wildman–Crippen LogP) is 3.45. The molecular weight excluding hydrogens is 485 g/mol. The molecule has 8 nitrogen and oxygen atoms in total. The number of ether oxygens (including phenoxy) is 1. The molecule has 0 aromatic heterocycles. The van der Waals surface area contributed by atoms with Gasteiger partial charge in [-0.3, -0.25) is 9.69 Å². The summed E-state index contributed by atoms with van der Waals surface area (Å²) in [5.74, 6) is -2.10. The number of ketones is 1. The maximum absolute atomic E-state index is 13.8. The van der Waals surface area contributed by atoms with Gasteiger partial charge in [-0.2, -0.15) is 0 Å². The number of hydrogen-bond acceptors (Lipinski definition) is 7. The van der Waals surface area contributed by atoms with Crippen LogP contribution in [0.3, 0.4) is 0 Å². The molecule has 36 heavy (non-hydrogen) atoms. The van der Waals surface area contributed by atoms with Crippen LogP contribution in [0.2, 0.25) is 0 Å². The number of Topliss-reactive ketones (excluding diaryl/α,β-unsaturated/α-hetero) is 1. The van der Waals surface area contributed by atoms with E-state index in [1.54, 1.807) is 11.8 Å². The molecule has 0 bridgehead atoms. The molecule has 0 amide bonds. The summed E-state index contributed by atoms with van der Waals surface area (Å²) in [6, 6.07) is 11.3. The summed E-state index contributed by atoms with van der Waals surface area (Å²) in [4.78, 5) is 28.4. The van der Waals surface area contributed by atoms with Crippen molar-refractivity contribution in [2.75, 3.05) is 11.5 Å². The van der Waals surface area contributed by atoms with Gasteiger partial charge in [0, 0.05) is 23.4 Å². The van der Waals surface area contributed by atoms with E-state index in [9.17, 15) is 22.4 Å². The molecule has 190 valence electrons. The lowest BCUT2D eigenvalue weighted by Gasteiger charge is -2.44. The second-order valence-electron chi connectivity index (χ2n) is 9.68. The van der Waals surface area contributed by atoms with Crippen molar-refractivity contribution in [1.82, 2.24) is 0 Å². The highest BCUT2D eigenvalue weighted by molar-refractivity contribution is 7.89. The summed E-state index contributed by atoms with van der Waals surface area (Å²) in [7, 11) is -3.93. The number of anilines is 1. The van der Waals surface area contributed by atoms with Gasteiger partial charge in [0.25, 0.3) is 0 Å². The summed E-state index contributed by atoms with van der Waals surface area (Å²) in [5, 5.41) is 5.24. The maximum atomic E-state index is 13.8. The molecule has 0 saturated carbocycles. The first-order chi connectivity index (χ1) is 16.8. The Hall–Kier alpha value is -3.50. The first kappa shape index (κ1) is 25.6. The Kier molecular flexibility index (Phi) is 6.52. The SMILES string of the molecule is CCOC(=O)C1=C(N)N(c2ccc(S(N)(=O)=O)cc2)C2=C(C(=O)CC(C)(C)C2)C1c1ccc(F)cc1. The van der Waals surface area contributed by atoms with Crippen molar-refractivity contribution in [2.24, 2.45) is 16.3 Å². The quantitative estimate of drug-likeness (QED) is 0.585. The second kappa shape index (κ2) is 9.18. The van der Waals surface area contributed by atoms with Crippen molar-refractivity contribution in [2.45, 2.75) is 44.4 Å². The van der Waals surface area contributed by atoms with E-state index >= 15 is 0 Å². The number of sulfonamides is 1. The van der Waals surface area contributed by atoms with Crippen molar-refractivity contribution in [1.29, 1.82) is 0 Å². The minimum atomic E-state index is -3.93. The van der Waals surface area contributed by atoms with E-state index in [1.807, 2.05) is 13.8 Å². The van der Waals surface area contributed by atoms with E-state index in [1.165, 1.54) is 48.5 Å². The Morgan fingerprint density at radius 1 is 1.11 bits per heavy atom. The van der Waals surface area contributed by atoms with Crippen molar-refractivity contribution >= 4 is 27.5 Å². The Balaban J connectivity index is 2.00. The summed E-state index contributed by atoms with van der Waals surface area (Å²) < 4.78 is 42.6. The molecule has 1 unspecified atom stereocenters. The van der Waals surface area contributed by atoms with Gasteiger partial charge in [-0.1, -0.05) is 26.0 Å². The monoisotopic (exact) mass is 513 g/mol. The van der Waals surface area contributed by atoms with Crippen LogP contribution in [-0.4, -0.2) is 26.8 Å². The van der Waals surface area contributed by atoms with Crippen molar-refractivity contribution in [3.8, 4) is 0 Å². The molecule has 0 saturated heterocycles. The number of carbonyl (C=O) groups is 2. The van der Waals surface area contributed by atoms with Gasteiger partial charge in [0.15, 0.2) is 5.78 Å². The highest BCUT2D eigenvalue weighted by Crippen LogP contribution is 2.50. The third-order valence-corrected chi connectivity index (χ3v) is 7.31. The number of esters is 1. The zero-order chi connectivity index (χ0) is 26.4. The number of allylic oxidation sites excluding steroid dienone is 2. The molecule has 1 atom stereocenters. The van der Waals surface area contributed by atoms with Gasteiger partial charge in [0.2, 0.25) is 10.0 Å². The largest absolute Gasteiger partial charge is 0.463 e. The number of carbonyl (C=O) groups excluding carboxylic acids is 2. The van der Waals surface area contributed by atoms with Crippen LogP contribution in [0.4, 0.5) is 10.1 Å². The average Bonchev–Trinajstić information content (AvgIpc) is 2.78. The first-order valence-electron chi connectivity index (χ1n) is 11.5. The zero-order valence-electron chi connectivity index (χ0n) is 20.2. The van der Waals surface area contributed by atoms with Crippen LogP contribution in [0.1, 0.15) is 45.1 Å². The summed E-state index contributed by atoms with van der Waals surface area (Å²) in [6.07, 6.45) is 0.706. The topological polar surface area (TPSA) is 133 Å². The summed E-state index contributed by atoms with van der Waals surface area (Å²) in [5.41, 5.74) is 8.28. The Labute approximate surface area is 209 Å². The standard InChI is InChI=1S/C26H28FN3O5S/c1-4-35-25(32)23-21(15-5-7-16(27)8-6-15)22-19(13-26(2,3)14-20(22)31)30(24(23)28)17-9-11-18(12-10-17)36(29,33)34/h5-12,21H,4,13-14,28H2,1-3H3,(H2,29,33,34). The van der Waals surface area contributed by atoms with E-state index in [0.717, 1.165) is 0 Å². The smallest absolute Gasteiger partial charge is 0.338 e. The zero-order valence-corrected chi connectivity index (χ0v) is 21.1. The van der Waals surface area contributed by atoms with Crippen LogP contribution in [0.25, 0.3) is 0 Å². The number of rotatable bonds is 5. The van der Waals surface area contributed by atoms with Crippen LogP contribution in [-0.2, 0) is 24.3 Å². The van der Waals surface area contributed by atoms with Crippen LogP contribution in [0, 0.1) is 11.2 Å². The molecule has 0 spiro atoms. The van der Waals surface area contributed by atoms with E-state index < -0.39 is 33.1 Å². The third-order valence-electron chi connectivity index (χ3n) is 6.38. The van der Waals surface area contributed by atoms with Crippen LogP contribution >= 0.6 is 0 Å². The second-order valence-corrected chi connectivity index (χ2v) is 11.2. The highest BCUT2D eigenvalue weighted by atomic mass is 32.2. The minimum absolute atomic E-state index is 0.0513. The summed E-state index contributed by atoms with van der Waals surface area (Å²) in [6.45, 7) is 5.67. The number of nitrogens with two attached hydrogens (primary N) is 2. The molecule has 10 heteroatoms. The first-order valence-corrected chi connectivity index (χ1v) is 13.0. The minimum Gasteiger partial charge on any atom is -0.463 e. The van der Waals surface area contributed by atoms with Crippen LogP contribution < -0.4 is 15.8 Å². The summed E-state index contributed by atoms with van der Waals surface area (Å²) >= 11 is 0. The Morgan fingerprint density at radius 3 is 2.28 bits per heavy atom. The molecule has 4 rings (SSSR count). The third kappa shape index (κ3) is 4.66. The van der Waals surface area contributed by atoms with Gasteiger partial charge in [0.05, 0.1) is 23.0 Å². The molecule has 2 aromatic rings. The molecule has 0 radical (unpaired) electrons. The number of nitrogens with zero attached hydrogens (tertiary/aromatic N) is 1. The van der Waals surface area contributed by atoms with E-state index in [2.05, 4.69) is 0 Å². The van der Waals surface area contributed by atoms with Crippen LogP contribution in [0.15, 0.2) is 76.1 Å². The van der Waals surface area contributed by atoms with Crippen LogP contribution in [0.5, 0.6) is 0 Å². The molecule has 1 aliphatic carbocycles. The normalized spacial score (nSPS) is 19.9. The molecular formula is C26H28FN3O5S. The van der Waals surface area contributed by atoms with Crippen molar-refractivity contribution in [3.63, 3.8) is 0 Å². The van der Waals surface area contributed by atoms with Gasteiger partial charge in [-0.25, -0.2) is 22.7 Å². The van der Waals surface area contributed by atoms with Crippen molar-refractivity contribution in [3.05, 3.63) is 82.6 Å². The van der Waals surface area contributed by atoms with E-state index in [4.69, 9.17) is 15.6 Å². The Bertz CT molecular complexity index is 1390. The molecule has 1 aliphatic heterocycles. The molecule has 2 aromatic carbocycles. The number of benzene rings is 2.